The van der Waals surface area contributed by atoms with Crippen LogP contribution in [0.1, 0.15) is 11.3 Å². The molecule has 7 heteroatoms. The molecule has 106 valence electrons. The first-order chi connectivity index (χ1) is 9.45. The lowest BCUT2D eigenvalue weighted by Crippen LogP contribution is -2.24. The predicted molar refractivity (Wildman–Crippen MR) is 74.2 cm³/mol. The van der Waals surface area contributed by atoms with E-state index in [0.717, 1.165) is 11.3 Å². The Balaban J connectivity index is 1.89. The number of nitrogens with one attached hydrogen (secondary N) is 2. The minimum Gasteiger partial charge on any atom is -0.365 e. The number of nitrogens with two attached hydrogens (primary N) is 1. The van der Waals surface area contributed by atoms with Crippen molar-refractivity contribution in [2.45, 2.75) is 17.9 Å². The number of carbonyl (C=O) groups excluding carboxylic acids is 1. The summed E-state index contributed by atoms with van der Waals surface area (Å²) in [5.74, 6) is -0.108. The second-order valence-corrected chi connectivity index (χ2v) is 5.90. The number of primary sulfonamides is 1. The summed E-state index contributed by atoms with van der Waals surface area (Å²) in [5, 5.41) is 7.76. The molecule has 0 aliphatic rings. The summed E-state index contributed by atoms with van der Waals surface area (Å²) in [6.07, 6.45) is 2.04. The van der Waals surface area contributed by atoms with E-state index in [1.54, 1.807) is 18.3 Å². The molecule has 0 saturated heterocycles. The zero-order valence-corrected chi connectivity index (χ0v) is 11.5. The molecular weight excluding hydrogens is 278 g/mol. The first kappa shape index (κ1) is 14.3. The van der Waals surface area contributed by atoms with Crippen molar-refractivity contribution in [2.75, 3.05) is 0 Å². The average Bonchev–Trinajstić information content (AvgIpc) is 2.88. The van der Waals surface area contributed by atoms with E-state index in [9.17, 15) is 13.2 Å². The molecule has 0 radical (unpaired) electrons. The maximum atomic E-state index is 11.7. The van der Waals surface area contributed by atoms with E-state index in [4.69, 9.17) is 5.14 Å². The van der Waals surface area contributed by atoms with Gasteiger partial charge in [-0.1, -0.05) is 12.1 Å². The molecule has 1 heterocycles. The van der Waals surface area contributed by atoms with Gasteiger partial charge in [-0.25, -0.2) is 13.6 Å². The number of rotatable bonds is 5. The van der Waals surface area contributed by atoms with Gasteiger partial charge in [-0.05, 0) is 29.8 Å². The molecule has 0 aliphatic heterocycles. The topological polar surface area (TPSA) is 105 Å². The zero-order valence-electron chi connectivity index (χ0n) is 10.7. The Kier molecular flexibility index (Phi) is 4.21. The monoisotopic (exact) mass is 293 g/mol. The summed E-state index contributed by atoms with van der Waals surface area (Å²) in [4.78, 5) is 14.7. The van der Waals surface area contributed by atoms with E-state index in [1.165, 1.54) is 12.1 Å². The van der Waals surface area contributed by atoms with Crippen molar-refractivity contribution in [2.24, 2.45) is 5.14 Å². The van der Waals surface area contributed by atoms with Gasteiger partial charge in [-0.2, -0.15) is 0 Å². The molecular formula is C13H15N3O3S. The largest absolute Gasteiger partial charge is 0.365 e. The fourth-order valence-electron chi connectivity index (χ4n) is 1.71. The molecule has 0 atom stereocenters. The van der Waals surface area contributed by atoms with E-state index in [-0.39, 0.29) is 17.2 Å². The van der Waals surface area contributed by atoms with Gasteiger partial charge in [0, 0.05) is 18.4 Å². The molecule has 0 unspecified atom stereocenters. The van der Waals surface area contributed by atoms with Crippen molar-refractivity contribution >= 4 is 15.9 Å². The normalized spacial score (nSPS) is 11.2. The highest BCUT2D eigenvalue weighted by molar-refractivity contribution is 7.89. The van der Waals surface area contributed by atoms with Gasteiger partial charge in [0.05, 0.1) is 11.3 Å². The number of hydrogen-bond donors (Lipinski definition) is 3. The van der Waals surface area contributed by atoms with Gasteiger partial charge in [0.2, 0.25) is 15.9 Å². The van der Waals surface area contributed by atoms with Crippen LogP contribution >= 0.6 is 0 Å². The van der Waals surface area contributed by atoms with Crippen molar-refractivity contribution in [1.29, 1.82) is 0 Å². The molecule has 2 rings (SSSR count). The maximum absolute atomic E-state index is 11.7. The third-order valence-corrected chi connectivity index (χ3v) is 3.68. The van der Waals surface area contributed by atoms with E-state index in [0.29, 0.717) is 6.54 Å². The number of aromatic amines is 1. The van der Waals surface area contributed by atoms with E-state index < -0.39 is 10.0 Å². The molecule has 6 nitrogen and oxygen atoms in total. The fraction of sp³-hybridized carbons (Fsp3) is 0.154. The summed E-state index contributed by atoms with van der Waals surface area (Å²) < 4.78 is 22.2. The van der Waals surface area contributed by atoms with Crippen LogP contribution in [0.2, 0.25) is 0 Å². The van der Waals surface area contributed by atoms with Gasteiger partial charge in [-0.3, -0.25) is 4.79 Å². The number of amides is 1. The number of carbonyl (C=O) groups is 1. The number of hydrogen-bond acceptors (Lipinski definition) is 3. The Morgan fingerprint density at radius 3 is 2.45 bits per heavy atom. The molecule has 2 aromatic rings. The first-order valence-electron chi connectivity index (χ1n) is 5.96. The summed E-state index contributed by atoms with van der Waals surface area (Å²) in [5.41, 5.74) is 1.64. The molecule has 4 N–H and O–H groups in total. The van der Waals surface area contributed by atoms with Crippen LogP contribution in [0.15, 0.2) is 47.5 Å². The molecule has 0 bridgehead atoms. The Labute approximate surface area is 117 Å². The molecule has 20 heavy (non-hydrogen) atoms. The van der Waals surface area contributed by atoms with Crippen LogP contribution in [0.3, 0.4) is 0 Å². The molecule has 1 amide bonds. The molecule has 0 aliphatic carbocycles. The minimum atomic E-state index is -3.68. The van der Waals surface area contributed by atoms with Crippen molar-refractivity contribution in [1.82, 2.24) is 10.3 Å². The first-order valence-corrected chi connectivity index (χ1v) is 7.50. The predicted octanol–water partition coefficient (Wildman–Crippen LogP) is 0.521. The zero-order chi connectivity index (χ0) is 14.6. The quantitative estimate of drug-likeness (QED) is 0.748. The molecule has 0 saturated carbocycles. The van der Waals surface area contributed by atoms with Gasteiger partial charge in [0.15, 0.2) is 0 Å². The smallest absolute Gasteiger partial charge is 0.238 e. The van der Waals surface area contributed by atoms with Crippen LogP contribution in [-0.2, 0) is 27.8 Å². The van der Waals surface area contributed by atoms with Crippen LogP contribution in [-0.4, -0.2) is 19.3 Å². The van der Waals surface area contributed by atoms with Crippen LogP contribution in [0.4, 0.5) is 0 Å². The molecule has 0 spiro atoms. The van der Waals surface area contributed by atoms with Gasteiger partial charge < -0.3 is 10.3 Å². The lowest BCUT2D eigenvalue weighted by molar-refractivity contribution is -0.120. The lowest BCUT2D eigenvalue weighted by atomic mass is 10.2. The second kappa shape index (κ2) is 5.89. The standard InChI is InChI=1S/C13H15N3O3S/c14-20(18,19)12-5-3-10(4-6-12)9-16-13(17)8-11-2-1-7-15-11/h1-7,15H,8-9H2,(H,16,17)(H2,14,18,19). The Morgan fingerprint density at radius 1 is 1.20 bits per heavy atom. The molecule has 0 fully saturated rings. The Hall–Kier alpha value is -2.12. The van der Waals surface area contributed by atoms with Crippen molar-refractivity contribution in [3.63, 3.8) is 0 Å². The third kappa shape index (κ3) is 3.94. The Bertz CT molecular complexity index is 676. The van der Waals surface area contributed by atoms with E-state index in [1.807, 2.05) is 12.1 Å². The molecule has 1 aromatic heterocycles. The van der Waals surface area contributed by atoms with Crippen LogP contribution in [0.25, 0.3) is 0 Å². The van der Waals surface area contributed by atoms with Gasteiger partial charge >= 0.3 is 0 Å². The highest BCUT2D eigenvalue weighted by Crippen LogP contribution is 2.08. The lowest BCUT2D eigenvalue weighted by Gasteiger charge is -2.05. The Morgan fingerprint density at radius 2 is 1.90 bits per heavy atom. The third-order valence-electron chi connectivity index (χ3n) is 2.75. The van der Waals surface area contributed by atoms with Gasteiger partial charge in [0.25, 0.3) is 0 Å². The average molecular weight is 293 g/mol. The fourth-order valence-corrected chi connectivity index (χ4v) is 2.23. The summed E-state index contributed by atoms with van der Waals surface area (Å²) in [7, 11) is -3.68. The van der Waals surface area contributed by atoms with Crippen molar-refractivity contribution in [3.05, 3.63) is 53.9 Å². The highest BCUT2D eigenvalue weighted by Gasteiger charge is 2.07. The van der Waals surface area contributed by atoms with Gasteiger partial charge in [0.1, 0.15) is 0 Å². The minimum absolute atomic E-state index is 0.0546. The second-order valence-electron chi connectivity index (χ2n) is 4.34. The highest BCUT2D eigenvalue weighted by atomic mass is 32.2. The summed E-state index contributed by atoms with van der Waals surface area (Å²) >= 11 is 0. The number of H-pyrrole nitrogens is 1. The van der Waals surface area contributed by atoms with Crippen LogP contribution in [0, 0.1) is 0 Å². The molecule has 1 aromatic carbocycles. The SMILES string of the molecule is NS(=O)(=O)c1ccc(CNC(=O)Cc2ccc[nH]2)cc1. The number of aromatic nitrogens is 1. The number of sulfonamides is 1. The van der Waals surface area contributed by atoms with Crippen LogP contribution in [0.5, 0.6) is 0 Å². The van der Waals surface area contributed by atoms with E-state index >= 15 is 0 Å². The maximum Gasteiger partial charge on any atom is 0.238 e. The van der Waals surface area contributed by atoms with Gasteiger partial charge in [-0.15, -0.1) is 0 Å². The van der Waals surface area contributed by atoms with Crippen molar-refractivity contribution in [3.8, 4) is 0 Å². The summed E-state index contributed by atoms with van der Waals surface area (Å²) in [6.45, 7) is 0.338. The summed E-state index contributed by atoms with van der Waals surface area (Å²) in [6, 6.07) is 9.74. The van der Waals surface area contributed by atoms with Crippen LogP contribution < -0.4 is 10.5 Å². The number of benzene rings is 1. The van der Waals surface area contributed by atoms with E-state index in [2.05, 4.69) is 10.3 Å². The van der Waals surface area contributed by atoms with Crippen molar-refractivity contribution < 1.29 is 13.2 Å².